The van der Waals surface area contributed by atoms with Crippen LogP contribution in [0.25, 0.3) is 16.7 Å². The summed E-state index contributed by atoms with van der Waals surface area (Å²) in [4.78, 5) is 43.9. The Hall–Kier alpha value is -4.99. The lowest BCUT2D eigenvalue weighted by molar-refractivity contribution is -0.156. The van der Waals surface area contributed by atoms with E-state index in [-0.39, 0.29) is 36.2 Å². The molecule has 2 aromatic heterocycles. The van der Waals surface area contributed by atoms with Crippen LogP contribution in [-0.2, 0) is 4.79 Å². The van der Waals surface area contributed by atoms with Gasteiger partial charge in [-0.3, -0.25) is 19.1 Å². The predicted molar refractivity (Wildman–Crippen MR) is 139 cm³/mol. The Morgan fingerprint density at radius 1 is 1.02 bits per heavy atom. The highest BCUT2D eigenvalue weighted by Crippen LogP contribution is 2.35. The lowest BCUT2D eigenvalue weighted by Gasteiger charge is -2.28. The number of benzene rings is 2. The van der Waals surface area contributed by atoms with Crippen LogP contribution in [0.4, 0.5) is 41.3 Å². The Balaban J connectivity index is 1.59. The fourth-order valence-electron chi connectivity index (χ4n) is 4.66. The molecule has 0 bridgehead atoms. The molecule has 0 aliphatic carbocycles. The first-order valence-electron chi connectivity index (χ1n) is 12.7. The van der Waals surface area contributed by atoms with Crippen LogP contribution in [0.5, 0.6) is 5.75 Å². The summed E-state index contributed by atoms with van der Waals surface area (Å²) in [5.74, 6) is -6.84. The van der Waals surface area contributed by atoms with Crippen molar-refractivity contribution in [2.75, 3.05) is 11.4 Å². The molecule has 0 spiro atoms. The molecule has 230 valence electrons. The number of carbonyl (C=O) groups excluding carboxylic acids is 2. The zero-order valence-electron chi connectivity index (χ0n) is 22.0. The summed E-state index contributed by atoms with van der Waals surface area (Å²) >= 11 is 0. The first-order chi connectivity index (χ1) is 20.7. The number of alkyl halides is 3. The molecule has 0 radical (unpaired) electrons. The molecule has 2 unspecified atom stereocenters. The number of pyridine rings is 2. The Morgan fingerprint density at radius 3 is 2.36 bits per heavy atom. The number of nitrogens with zero attached hydrogens (tertiary/aromatic N) is 3. The van der Waals surface area contributed by atoms with Crippen LogP contribution in [0.15, 0.2) is 59.5 Å². The summed E-state index contributed by atoms with van der Waals surface area (Å²) in [6, 6.07) is 3.33. The third-order valence-corrected chi connectivity index (χ3v) is 6.73. The second-order valence-corrected chi connectivity index (χ2v) is 9.66. The van der Waals surface area contributed by atoms with Gasteiger partial charge in [-0.2, -0.15) is 13.2 Å². The molecule has 1 fully saturated rings. The average Bonchev–Trinajstić information content (AvgIpc) is 2.93. The molecular formula is C28H19F7N4O5. The van der Waals surface area contributed by atoms with Crippen LogP contribution in [0.1, 0.15) is 24.4 Å². The van der Waals surface area contributed by atoms with E-state index in [9.17, 15) is 50.2 Å². The number of hydrogen-bond donors (Lipinski definition) is 2. The molecule has 16 heteroatoms. The number of piperidine rings is 1. The van der Waals surface area contributed by atoms with Gasteiger partial charge in [-0.15, -0.1) is 0 Å². The highest BCUT2D eigenvalue weighted by molar-refractivity contribution is 5.94. The van der Waals surface area contributed by atoms with Crippen molar-refractivity contribution in [2.24, 2.45) is 0 Å². The number of ether oxygens (including phenoxy) is 1. The van der Waals surface area contributed by atoms with Crippen LogP contribution in [-0.4, -0.2) is 45.5 Å². The van der Waals surface area contributed by atoms with Gasteiger partial charge in [-0.1, -0.05) is 6.07 Å². The lowest BCUT2D eigenvalue weighted by atomic mass is 10.1. The molecule has 1 aliphatic rings. The number of fused-ring (bicyclic) bond motifs is 1. The largest absolute Gasteiger partial charge is 0.413 e. The number of aliphatic hydroxyl groups is 1. The molecule has 44 heavy (non-hydrogen) atoms. The van der Waals surface area contributed by atoms with E-state index in [1.807, 2.05) is 0 Å². The Morgan fingerprint density at radius 2 is 1.73 bits per heavy atom. The van der Waals surface area contributed by atoms with Gasteiger partial charge in [0.2, 0.25) is 11.3 Å². The van der Waals surface area contributed by atoms with Gasteiger partial charge in [0.1, 0.15) is 29.1 Å². The van der Waals surface area contributed by atoms with Gasteiger partial charge in [0, 0.05) is 12.6 Å². The number of carbonyl (C=O) groups is 2. The number of anilines is 1. The van der Waals surface area contributed by atoms with Crippen LogP contribution < -0.4 is 20.4 Å². The third kappa shape index (κ3) is 5.92. The van der Waals surface area contributed by atoms with E-state index in [1.54, 1.807) is 0 Å². The minimum Gasteiger partial charge on any atom is -0.405 e. The third-order valence-electron chi connectivity index (χ3n) is 6.73. The Labute approximate surface area is 242 Å². The number of aromatic nitrogens is 2. The Kier molecular flexibility index (Phi) is 8.03. The fraction of sp³-hybridized carbons (Fsp3) is 0.214. The van der Waals surface area contributed by atoms with Gasteiger partial charge < -0.3 is 15.2 Å². The summed E-state index contributed by atoms with van der Waals surface area (Å²) in [6.07, 6.45) is -7.53. The van der Waals surface area contributed by atoms with Gasteiger partial charge in [-0.25, -0.2) is 27.3 Å². The maximum atomic E-state index is 14.9. The number of hydrogen-bond acceptors (Lipinski definition) is 6. The van der Waals surface area contributed by atoms with Crippen molar-refractivity contribution in [1.29, 1.82) is 0 Å². The highest BCUT2D eigenvalue weighted by Gasteiger charge is 2.45. The number of rotatable bonds is 5. The van der Waals surface area contributed by atoms with E-state index in [0.29, 0.717) is 24.4 Å². The summed E-state index contributed by atoms with van der Waals surface area (Å²) < 4.78 is 104. The van der Waals surface area contributed by atoms with Gasteiger partial charge in [-0.05, 0) is 42.8 Å². The molecule has 0 saturated carbocycles. The minimum atomic E-state index is -5.41. The molecule has 9 nitrogen and oxygen atoms in total. The summed E-state index contributed by atoms with van der Waals surface area (Å²) in [7, 11) is 0. The molecule has 2 amide bonds. The quantitative estimate of drug-likeness (QED) is 0.308. The van der Waals surface area contributed by atoms with E-state index in [4.69, 9.17) is 4.74 Å². The molecule has 4 aromatic rings. The van der Waals surface area contributed by atoms with Crippen LogP contribution >= 0.6 is 0 Å². The topological polar surface area (TPSA) is 114 Å². The van der Waals surface area contributed by atoms with Crippen LogP contribution in [0.3, 0.4) is 0 Å². The van der Waals surface area contributed by atoms with Crippen molar-refractivity contribution in [2.45, 2.75) is 31.2 Å². The smallest absolute Gasteiger partial charge is 0.405 e. The van der Waals surface area contributed by atoms with E-state index in [1.165, 1.54) is 16.3 Å². The average molecular weight is 624 g/mol. The first kappa shape index (κ1) is 30.5. The summed E-state index contributed by atoms with van der Waals surface area (Å²) in [5.41, 5.74) is -3.40. The molecule has 2 aromatic carbocycles. The maximum absolute atomic E-state index is 14.9. The summed E-state index contributed by atoms with van der Waals surface area (Å²) in [5, 5.41) is 10.7. The fourth-order valence-corrected chi connectivity index (χ4v) is 4.66. The van der Waals surface area contributed by atoms with Crippen molar-refractivity contribution in [3.05, 3.63) is 93.8 Å². The van der Waals surface area contributed by atoms with Crippen molar-refractivity contribution in [3.8, 4) is 11.4 Å². The lowest BCUT2D eigenvalue weighted by Crippen LogP contribution is -2.41. The van der Waals surface area contributed by atoms with Crippen molar-refractivity contribution < 1.29 is 50.2 Å². The van der Waals surface area contributed by atoms with E-state index >= 15 is 0 Å². The van der Waals surface area contributed by atoms with Crippen molar-refractivity contribution >= 4 is 28.9 Å². The summed E-state index contributed by atoms with van der Waals surface area (Å²) in [6.45, 7) is 0.0536. The standard InChI is InChI=1S/C28H19F7N4O5/c29-13-4-6-19(18(32)10-13)39-12-20(44-27(43)37-25(28(33,34)35)23-16(30)2-1-3-17(23)31)24(42)15-5-7-21(36-26(15)39)38-9-8-14(40)11-22(38)41/h1-7,10,12,14,25,40H,8-9,11H2,(H,37,43). The SMILES string of the molecule is O=C(NC(c1c(F)cccc1F)C(F)(F)F)Oc1cn(-c2ccc(F)cc2F)c2nc(N3CCC(O)CC3=O)ccc2c1=O. The zero-order valence-corrected chi connectivity index (χ0v) is 22.0. The normalized spacial score (nSPS) is 16.2. The highest BCUT2D eigenvalue weighted by atomic mass is 19.4. The van der Waals surface area contributed by atoms with Crippen molar-refractivity contribution in [3.63, 3.8) is 0 Å². The molecule has 5 rings (SSSR count). The van der Waals surface area contributed by atoms with Crippen molar-refractivity contribution in [1.82, 2.24) is 14.9 Å². The molecular weight excluding hydrogens is 605 g/mol. The first-order valence-corrected chi connectivity index (χ1v) is 12.7. The second-order valence-electron chi connectivity index (χ2n) is 9.66. The number of halogens is 7. The van der Waals surface area contributed by atoms with Crippen LogP contribution in [0.2, 0.25) is 0 Å². The van der Waals surface area contributed by atoms with Gasteiger partial charge >= 0.3 is 12.3 Å². The van der Waals surface area contributed by atoms with Crippen LogP contribution in [0, 0.1) is 23.3 Å². The van der Waals surface area contributed by atoms with E-state index < -0.39 is 76.0 Å². The number of amides is 2. The number of nitrogens with one attached hydrogen (secondary N) is 1. The molecule has 1 aliphatic heterocycles. The predicted octanol–water partition coefficient (Wildman–Crippen LogP) is 4.82. The monoisotopic (exact) mass is 624 g/mol. The molecule has 3 heterocycles. The molecule has 2 N–H and O–H groups in total. The minimum absolute atomic E-state index is 0.00332. The molecule has 1 saturated heterocycles. The van der Waals surface area contributed by atoms with E-state index in [2.05, 4.69) is 4.98 Å². The van der Waals surface area contributed by atoms with Gasteiger partial charge in [0.25, 0.3) is 0 Å². The zero-order chi connectivity index (χ0) is 31.9. The maximum Gasteiger partial charge on any atom is 0.413 e. The van der Waals surface area contributed by atoms with E-state index in [0.717, 1.165) is 28.8 Å². The molecule has 2 atom stereocenters. The second kappa shape index (κ2) is 11.6. The number of aliphatic hydroxyl groups excluding tert-OH is 1. The Bertz CT molecular complexity index is 1830. The van der Waals surface area contributed by atoms with Gasteiger partial charge in [0.15, 0.2) is 17.4 Å². The van der Waals surface area contributed by atoms with Gasteiger partial charge in [0.05, 0.1) is 35.4 Å².